The molecule has 2 aromatic rings. The van der Waals surface area contributed by atoms with Crippen LogP contribution in [0, 0.1) is 6.92 Å². The van der Waals surface area contributed by atoms with Crippen molar-refractivity contribution in [2.24, 2.45) is 0 Å². The van der Waals surface area contributed by atoms with Gasteiger partial charge in [0.1, 0.15) is 5.58 Å². The highest BCUT2D eigenvalue weighted by molar-refractivity contribution is 5.80. The topological polar surface area (TPSA) is 13.1 Å². The Labute approximate surface area is 59.3 Å². The first kappa shape index (κ1) is 5.54. The third-order valence-corrected chi connectivity index (χ3v) is 1.67. The molecular weight excluding hydrogens is 124 g/mol. The van der Waals surface area contributed by atoms with E-state index in [0.29, 0.717) is 0 Å². The van der Waals surface area contributed by atoms with Gasteiger partial charge >= 0.3 is 0 Å². The van der Waals surface area contributed by atoms with Crippen LogP contribution >= 0.6 is 0 Å². The maximum absolute atomic E-state index is 5.25. The van der Waals surface area contributed by atoms with Gasteiger partial charge in [-0.25, -0.2) is 0 Å². The quantitative estimate of drug-likeness (QED) is 0.537. The Morgan fingerprint density at radius 1 is 1.20 bits per heavy atom. The van der Waals surface area contributed by atoms with Crippen molar-refractivity contribution < 1.29 is 4.42 Å². The molecule has 1 aromatic carbocycles. The summed E-state index contributed by atoms with van der Waals surface area (Å²) in [5, 5.41) is 1.21. The highest BCUT2D eigenvalue weighted by Gasteiger charge is 1.97. The zero-order chi connectivity index (χ0) is 6.97. The number of para-hydroxylation sites is 1. The number of aryl methyl sites for hydroxylation is 1. The molecule has 0 radical (unpaired) electrons. The van der Waals surface area contributed by atoms with Gasteiger partial charge < -0.3 is 4.42 Å². The maximum Gasteiger partial charge on any atom is 0.134 e. The smallest absolute Gasteiger partial charge is 0.134 e. The van der Waals surface area contributed by atoms with Gasteiger partial charge in [-0.1, -0.05) is 18.2 Å². The zero-order valence-electron chi connectivity index (χ0n) is 5.79. The molecule has 10 heavy (non-hydrogen) atoms. The molecule has 0 spiro atoms. The molecule has 0 saturated heterocycles. The lowest BCUT2D eigenvalue weighted by Gasteiger charge is -1.84. The number of benzene rings is 1. The van der Waals surface area contributed by atoms with E-state index < -0.39 is 0 Å². The first-order chi connectivity index (χ1) is 4.88. The van der Waals surface area contributed by atoms with Gasteiger partial charge in [0.25, 0.3) is 0 Å². The fraction of sp³-hybridized carbons (Fsp3) is 0.111. The Bertz CT molecular complexity index is 346. The summed E-state index contributed by atoms with van der Waals surface area (Å²) in [5.41, 5.74) is 2.18. The molecule has 0 aliphatic rings. The molecule has 0 saturated carbocycles. The Morgan fingerprint density at radius 3 is 2.80 bits per heavy atom. The second-order valence-electron chi connectivity index (χ2n) is 2.41. The second-order valence-corrected chi connectivity index (χ2v) is 2.41. The van der Waals surface area contributed by atoms with E-state index in [1.807, 2.05) is 25.1 Å². The zero-order valence-corrected chi connectivity index (χ0v) is 5.79. The molecular formula is C9H8O. The first-order valence-corrected chi connectivity index (χ1v) is 3.31. The van der Waals surface area contributed by atoms with Gasteiger partial charge in [0, 0.05) is 5.39 Å². The van der Waals surface area contributed by atoms with E-state index in [9.17, 15) is 0 Å². The molecule has 50 valence electrons. The third kappa shape index (κ3) is 0.637. The standard InChI is InChI=1S/C9H8O/c1-7-6-10-9-5-3-2-4-8(7)9/h2-6H,1H3. The van der Waals surface area contributed by atoms with Crippen molar-refractivity contribution in [3.05, 3.63) is 36.1 Å². The highest BCUT2D eigenvalue weighted by Crippen LogP contribution is 2.18. The van der Waals surface area contributed by atoms with Crippen LogP contribution < -0.4 is 0 Å². The van der Waals surface area contributed by atoms with Crippen LogP contribution in [0.15, 0.2) is 34.9 Å². The van der Waals surface area contributed by atoms with Gasteiger partial charge in [-0.3, -0.25) is 0 Å². The summed E-state index contributed by atoms with van der Waals surface area (Å²) < 4.78 is 5.25. The van der Waals surface area contributed by atoms with Crippen molar-refractivity contribution in [3.8, 4) is 0 Å². The molecule has 1 heterocycles. The molecule has 1 aromatic heterocycles. The number of rotatable bonds is 0. The van der Waals surface area contributed by atoms with E-state index in [0.717, 1.165) is 5.58 Å². The summed E-state index contributed by atoms with van der Waals surface area (Å²) in [7, 11) is 0. The van der Waals surface area contributed by atoms with Gasteiger partial charge in [0.05, 0.1) is 6.26 Å². The van der Waals surface area contributed by atoms with Crippen molar-refractivity contribution in [1.29, 1.82) is 0 Å². The fourth-order valence-electron chi connectivity index (χ4n) is 1.11. The second kappa shape index (κ2) is 1.87. The van der Waals surface area contributed by atoms with Crippen LogP contribution in [0.5, 0.6) is 0 Å². The van der Waals surface area contributed by atoms with Crippen LogP contribution in [0.2, 0.25) is 0 Å². The van der Waals surface area contributed by atoms with Crippen LogP contribution in [-0.2, 0) is 0 Å². The van der Waals surface area contributed by atoms with Crippen LogP contribution in [0.25, 0.3) is 11.0 Å². The van der Waals surface area contributed by atoms with Gasteiger partial charge in [0.2, 0.25) is 0 Å². The average molecular weight is 132 g/mol. The Kier molecular flexibility index (Phi) is 1.04. The third-order valence-electron chi connectivity index (χ3n) is 1.67. The number of hydrogen-bond acceptors (Lipinski definition) is 1. The molecule has 0 aliphatic carbocycles. The Balaban J connectivity index is 2.93. The molecule has 0 N–H and O–H groups in total. The molecule has 0 bridgehead atoms. The van der Waals surface area contributed by atoms with Gasteiger partial charge in [-0.15, -0.1) is 0 Å². The predicted octanol–water partition coefficient (Wildman–Crippen LogP) is 2.74. The van der Waals surface area contributed by atoms with Crippen molar-refractivity contribution in [3.63, 3.8) is 0 Å². The lowest BCUT2D eigenvalue weighted by atomic mass is 10.2. The molecule has 1 nitrogen and oxygen atoms in total. The SMILES string of the molecule is Cc1coc2ccccc12. The van der Waals surface area contributed by atoms with Gasteiger partial charge in [-0.05, 0) is 18.6 Å². The summed E-state index contributed by atoms with van der Waals surface area (Å²) in [6, 6.07) is 8.03. The van der Waals surface area contributed by atoms with Crippen LogP contribution in [0.4, 0.5) is 0 Å². The van der Waals surface area contributed by atoms with Crippen molar-refractivity contribution in [2.75, 3.05) is 0 Å². The van der Waals surface area contributed by atoms with Crippen molar-refractivity contribution >= 4 is 11.0 Å². The normalized spacial score (nSPS) is 10.5. The van der Waals surface area contributed by atoms with Crippen molar-refractivity contribution in [2.45, 2.75) is 6.92 Å². The summed E-state index contributed by atoms with van der Waals surface area (Å²) in [4.78, 5) is 0. The summed E-state index contributed by atoms with van der Waals surface area (Å²) in [6.07, 6.45) is 1.78. The van der Waals surface area contributed by atoms with Gasteiger partial charge in [0.15, 0.2) is 0 Å². The monoisotopic (exact) mass is 132 g/mol. The minimum absolute atomic E-state index is 0.972. The minimum atomic E-state index is 0.972. The van der Waals surface area contributed by atoms with E-state index >= 15 is 0 Å². The molecule has 0 unspecified atom stereocenters. The Hall–Kier alpha value is -1.24. The largest absolute Gasteiger partial charge is 0.464 e. The molecule has 0 atom stereocenters. The first-order valence-electron chi connectivity index (χ1n) is 3.31. The lowest BCUT2D eigenvalue weighted by molar-refractivity contribution is 0.613. The molecule has 2 rings (SSSR count). The minimum Gasteiger partial charge on any atom is -0.464 e. The number of furan rings is 1. The van der Waals surface area contributed by atoms with E-state index in [-0.39, 0.29) is 0 Å². The van der Waals surface area contributed by atoms with Crippen LogP contribution in [-0.4, -0.2) is 0 Å². The Morgan fingerprint density at radius 2 is 2.00 bits per heavy atom. The summed E-state index contributed by atoms with van der Waals surface area (Å²) >= 11 is 0. The van der Waals surface area contributed by atoms with Crippen LogP contribution in [0.1, 0.15) is 5.56 Å². The van der Waals surface area contributed by atoms with E-state index in [1.54, 1.807) is 6.26 Å². The van der Waals surface area contributed by atoms with Crippen LogP contribution in [0.3, 0.4) is 0 Å². The molecule has 0 fully saturated rings. The number of hydrogen-bond donors (Lipinski definition) is 0. The predicted molar refractivity (Wildman–Crippen MR) is 41.0 cm³/mol. The molecule has 0 aliphatic heterocycles. The lowest BCUT2D eigenvalue weighted by Crippen LogP contribution is -1.63. The number of fused-ring (bicyclic) bond motifs is 1. The van der Waals surface area contributed by atoms with E-state index in [4.69, 9.17) is 4.42 Å². The van der Waals surface area contributed by atoms with E-state index in [2.05, 4.69) is 6.07 Å². The summed E-state index contributed by atoms with van der Waals surface area (Å²) in [6.45, 7) is 2.05. The summed E-state index contributed by atoms with van der Waals surface area (Å²) in [5.74, 6) is 0. The molecule has 1 heteroatoms. The van der Waals surface area contributed by atoms with Gasteiger partial charge in [-0.2, -0.15) is 0 Å². The fourth-order valence-corrected chi connectivity index (χ4v) is 1.11. The average Bonchev–Trinajstić information content (AvgIpc) is 2.34. The molecule has 0 amide bonds. The maximum atomic E-state index is 5.25. The van der Waals surface area contributed by atoms with Crippen molar-refractivity contribution in [1.82, 2.24) is 0 Å². The highest BCUT2D eigenvalue weighted by atomic mass is 16.3. The van der Waals surface area contributed by atoms with E-state index in [1.165, 1.54) is 10.9 Å².